The van der Waals surface area contributed by atoms with Gasteiger partial charge < -0.3 is 10.3 Å². The van der Waals surface area contributed by atoms with E-state index in [9.17, 15) is 23.7 Å². The molecule has 1 aromatic carbocycles. The molecule has 0 radical (unpaired) electrons. The lowest BCUT2D eigenvalue weighted by molar-refractivity contribution is -0.136. The van der Waals surface area contributed by atoms with Crippen LogP contribution in [0.2, 0.25) is 0 Å². The fourth-order valence-electron chi connectivity index (χ4n) is 3.87. The van der Waals surface area contributed by atoms with Gasteiger partial charge in [-0.2, -0.15) is 0 Å². The second-order valence-corrected chi connectivity index (χ2v) is 9.12. The first-order chi connectivity index (χ1) is 14.5. The highest BCUT2D eigenvalue weighted by Gasteiger charge is 2.47. The number of hydrogen-bond donors (Lipinski definition) is 2. The van der Waals surface area contributed by atoms with Crippen molar-refractivity contribution in [1.82, 2.24) is 10.2 Å². The molecule has 3 N–H and O–H groups in total. The van der Waals surface area contributed by atoms with Crippen molar-refractivity contribution in [2.45, 2.75) is 62.3 Å². The normalized spacial score (nSPS) is 19.8. The summed E-state index contributed by atoms with van der Waals surface area (Å²) in [4.78, 5) is 50.7. The smallest absolute Gasteiger partial charge is 0.267 e. The number of hydrogen-bond acceptors (Lipinski definition) is 6. The fourth-order valence-corrected chi connectivity index (χ4v) is 5.21. The molecule has 2 heterocycles. The van der Waals surface area contributed by atoms with Gasteiger partial charge in [0.1, 0.15) is 17.4 Å². The van der Waals surface area contributed by atoms with Gasteiger partial charge in [-0.25, -0.2) is 0 Å². The molecule has 8 nitrogen and oxygen atoms in total. The number of amides is 4. The monoisotopic (exact) mass is 433 g/mol. The van der Waals surface area contributed by atoms with Gasteiger partial charge in [0.25, 0.3) is 11.8 Å². The van der Waals surface area contributed by atoms with Crippen molar-refractivity contribution in [3.05, 3.63) is 29.3 Å². The van der Waals surface area contributed by atoms with Crippen LogP contribution in [0.15, 0.2) is 23.1 Å². The fraction of sp³-hybridized carbons (Fsp3) is 0.524. The average molecular weight is 434 g/mol. The van der Waals surface area contributed by atoms with E-state index in [-0.39, 0.29) is 24.0 Å². The number of nitrogens with two attached hydrogens (primary N) is 1. The second kappa shape index (κ2) is 10.2. The maximum absolute atomic E-state index is 13.0. The standard InChI is InChI=1S/C21H27N3O5S/c22-12-5-3-1-2-4-6-13-30(29)16-9-7-8-14-18(16)21(28)24(20(14)27)15-10-11-17(25)23-19(15)26/h7-9,15H,1-6,10-13,22H2,(H,23,25,26). The summed E-state index contributed by atoms with van der Waals surface area (Å²) in [5.74, 6) is -1.86. The molecular weight excluding hydrogens is 406 g/mol. The van der Waals surface area contributed by atoms with Gasteiger partial charge in [0.05, 0.1) is 5.56 Å². The highest BCUT2D eigenvalue weighted by atomic mass is 32.2. The molecule has 2 unspecified atom stereocenters. The molecule has 30 heavy (non-hydrogen) atoms. The van der Waals surface area contributed by atoms with Gasteiger partial charge in [-0.15, -0.1) is 0 Å². The lowest BCUT2D eigenvalue weighted by Gasteiger charge is -2.27. The Kier molecular flexibility index (Phi) is 7.63. The minimum Gasteiger partial charge on any atom is -0.611 e. The first-order valence-corrected chi connectivity index (χ1v) is 11.7. The van der Waals surface area contributed by atoms with Crippen molar-refractivity contribution in [2.24, 2.45) is 5.73 Å². The maximum atomic E-state index is 13.0. The number of carbonyl (C=O) groups is 4. The van der Waals surface area contributed by atoms with Crippen LogP contribution in [0.25, 0.3) is 0 Å². The van der Waals surface area contributed by atoms with Crippen molar-refractivity contribution in [2.75, 3.05) is 12.3 Å². The first kappa shape index (κ1) is 22.5. The zero-order valence-corrected chi connectivity index (χ0v) is 17.7. The average Bonchev–Trinajstić information content (AvgIpc) is 2.98. The number of fused-ring (bicyclic) bond motifs is 1. The number of nitrogens with zero attached hydrogens (tertiary/aromatic N) is 1. The third-order valence-electron chi connectivity index (χ3n) is 5.46. The van der Waals surface area contributed by atoms with Crippen LogP contribution in [-0.4, -0.2) is 51.4 Å². The molecule has 0 bridgehead atoms. The molecule has 1 saturated heterocycles. The maximum Gasteiger partial charge on any atom is 0.267 e. The van der Waals surface area contributed by atoms with Crippen LogP contribution < -0.4 is 11.1 Å². The molecule has 2 atom stereocenters. The Morgan fingerprint density at radius 3 is 2.43 bits per heavy atom. The second-order valence-electron chi connectivity index (χ2n) is 7.59. The number of rotatable bonds is 10. The molecule has 0 aliphatic carbocycles. The molecule has 162 valence electrons. The molecule has 4 amide bonds. The van der Waals surface area contributed by atoms with Gasteiger partial charge in [0.2, 0.25) is 11.8 Å². The van der Waals surface area contributed by atoms with Crippen LogP contribution in [0.3, 0.4) is 0 Å². The molecule has 2 aliphatic heterocycles. The van der Waals surface area contributed by atoms with Crippen LogP contribution in [0.1, 0.15) is 72.1 Å². The largest absolute Gasteiger partial charge is 0.611 e. The third kappa shape index (κ3) is 4.74. The van der Waals surface area contributed by atoms with E-state index in [0.717, 1.165) is 43.4 Å². The van der Waals surface area contributed by atoms with Crippen LogP contribution in [-0.2, 0) is 20.8 Å². The summed E-state index contributed by atoms with van der Waals surface area (Å²) in [7, 11) is 0. The summed E-state index contributed by atoms with van der Waals surface area (Å²) in [6.07, 6.45) is 6.12. The Morgan fingerprint density at radius 2 is 1.73 bits per heavy atom. The predicted molar refractivity (Wildman–Crippen MR) is 111 cm³/mol. The Hall–Kier alpha value is -2.23. The molecule has 1 aromatic rings. The minimum atomic E-state index is -1.42. The van der Waals surface area contributed by atoms with Crippen molar-refractivity contribution in [3.8, 4) is 0 Å². The number of piperidine rings is 1. The van der Waals surface area contributed by atoms with E-state index < -0.39 is 40.8 Å². The van der Waals surface area contributed by atoms with E-state index in [1.165, 1.54) is 6.07 Å². The summed E-state index contributed by atoms with van der Waals surface area (Å²) in [6, 6.07) is 3.71. The van der Waals surface area contributed by atoms with Crippen LogP contribution >= 0.6 is 0 Å². The number of nitrogens with one attached hydrogen (secondary N) is 1. The summed E-state index contributed by atoms with van der Waals surface area (Å²) in [5.41, 5.74) is 5.76. The number of imide groups is 2. The molecule has 2 aliphatic rings. The highest BCUT2D eigenvalue weighted by molar-refractivity contribution is 7.91. The lowest BCUT2D eigenvalue weighted by atomic mass is 10.0. The summed E-state index contributed by atoms with van der Waals surface area (Å²) in [6.45, 7) is 0.700. The van der Waals surface area contributed by atoms with E-state index >= 15 is 0 Å². The minimum absolute atomic E-state index is 0.0634. The predicted octanol–water partition coefficient (Wildman–Crippen LogP) is 1.49. The van der Waals surface area contributed by atoms with Gasteiger partial charge in [-0.3, -0.25) is 29.4 Å². The van der Waals surface area contributed by atoms with Crippen LogP contribution in [0.4, 0.5) is 0 Å². The molecule has 3 rings (SSSR count). The Labute approximate surface area is 178 Å². The lowest BCUT2D eigenvalue weighted by Crippen LogP contribution is -2.54. The van der Waals surface area contributed by atoms with E-state index in [4.69, 9.17) is 5.73 Å². The molecule has 0 aromatic heterocycles. The number of benzene rings is 1. The Morgan fingerprint density at radius 1 is 1.03 bits per heavy atom. The van der Waals surface area contributed by atoms with Gasteiger partial charge in [0, 0.05) is 6.42 Å². The van der Waals surface area contributed by atoms with Gasteiger partial charge in [-0.1, -0.05) is 25.3 Å². The number of carbonyl (C=O) groups excluding carboxylic acids is 4. The van der Waals surface area contributed by atoms with Crippen molar-refractivity contribution in [1.29, 1.82) is 0 Å². The van der Waals surface area contributed by atoms with Gasteiger partial charge in [-0.05, 0) is 55.5 Å². The molecule has 1 fully saturated rings. The SMILES string of the molecule is NCCCCCCCC[S+]([O-])c1cccc2c1C(=O)N(C1CCC(=O)NC1=O)C2=O. The summed E-state index contributed by atoms with van der Waals surface area (Å²) < 4.78 is 12.9. The Balaban J connectivity index is 1.67. The molecule has 0 spiro atoms. The zero-order chi connectivity index (χ0) is 21.7. The zero-order valence-electron chi connectivity index (χ0n) is 16.9. The van der Waals surface area contributed by atoms with E-state index in [1.54, 1.807) is 12.1 Å². The van der Waals surface area contributed by atoms with E-state index in [0.29, 0.717) is 17.2 Å². The molecule has 0 saturated carbocycles. The third-order valence-corrected chi connectivity index (χ3v) is 6.95. The molecular formula is C21H27N3O5S. The van der Waals surface area contributed by atoms with Crippen LogP contribution in [0.5, 0.6) is 0 Å². The molecule has 9 heteroatoms. The van der Waals surface area contributed by atoms with Crippen molar-refractivity contribution < 1.29 is 23.7 Å². The van der Waals surface area contributed by atoms with Crippen LogP contribution in [0, 0.1) is 0 Å². The highest BCUT2D eigenvalue weighted by Crippen LogP contribution is 2.32. The summed E-state index contributed by atoms with van der Waals surface area (Å²) >= 11 is -1.42. The van der Waals surface area contributed by atoms with E-state index in [1.807, 2.05) is 0 Å². The van der Waals surface area contributed by atoms with E-state index in [2.05, 4.69) is 5.32 Å². The van der Waals surface area contributed by atoms with Crippen molar-refractivity contribution in [3.63, 3.8) is 0 Å². The van der Waals surface area contributed by atoms with Gasteiger partial charge in [0.15, 0.2) is 4.90 Å². The summed E-state index contributed by atoms with van der Waals surface area (Å²) in [5, 5.41) is 2.17. The van der Waals surface area contributed by atoms with Crippen molar-refractivity contribution >= 4 is 34.8 Å². The number of unbranched alkanes of at least 4 members (excludes halogenated alkanes) is 5. The van der Waals surface area contributed by atoms with Gasteiger partial charge >= 0.3 is 0 Å². The topological polar surface area (TPSA) is 133 Å². The first-order valence-electron chi connectivity index (χ1n) is 10.4. The Bertz CT molecular complexity index is 844. The quantitative estimate of drug-likeness (QED) is 0.326.